The molecule has 0 aliphatic carbocycles. The second-order valence-electron chi connectivity index (χ2n) is 6.83. The molecular weight excluding hydrogens is 376 g/mol. The number of likely N-dealkylation sites (N-methyl/N-ethyl adjacent to an activating group) is 3. The number of hydrogen-bond donors (Lipinski definition) is 0. The average molecular weight is 417 g/mol. The van der Waals surface area contributed by atoms with Crippen molar-refractivity contribution in [2.24, 2.45) is 5.92 Å². The lowest BCUT2D eigenvalue weighted by Crippen LogP contribution is -2.35. The van der Waals surface area contributed by atoms with Crippen molar-refractivity contribution in [3.63, 3.8) is 0 Å². The van der Waals surface area contributed by atoms with Crippen LogP contribution in [0.4, 0.5) is 0 Å². The Balaban J connectivity index is -0.000000354. The Kier molecular flexibility index (Phi) is 20.4. The van der Waals surface area contributed by atoms with Crippen LogP contribution in [0.1, 0.15) is 41.0 Å². The van der Waals surface area contributed by atoms with Gasteiger partial charge in [-0.05, 0) is 13.8 Å². The second kappa shape index (κ2) is 18.9. The van der Waals surface area contributed by atoms with Gasteiger partial charge in [0.15, 0.2) is 5.78 Å². The summed E-state index contributed by atoms with van der Waals surface area (Å²) < 4.78 is 0. The third-order valence-corrected chi connectivity index (χ3v) is 3.90. The molecule has 4 amide bonds. The largest absolute Gasteiger partial charge is 0.346 e. The number of nitrogens with zero attached hydrogens (tertiary/aromatic N) is 4. The summed E-state index contributed by atoms with van der Waals surface area (Å²) in [7, 11) is 6.69. The maximum atomic E-state index is 11.1. The zero-order valence-corrected chi connectivity index (χ0v) is 19.6. The van der Waals surface area contributed by atoms with Gasteiger partial charge in [-0.3, -0.25) is 24.0 Å². The summed E-state index contributed by atoms with van der Waals surface area (Å²) in [5, 5.41) is 0. The summed E-state index contributed by atoms with van der Waals surface area (Å²) in [5.41, 5.74) is 0. The zero-order chi connectivity index (χ0) is 23.6. The Morgan fingerprint density at radius 1 is 0.724 bits per heavy atom. The Labute approximate surface area is 176 Å². The molecule has 0 spiro atoms. The molecule has 9 nitrogen and oxygen atoms in total. The van der Waals surface area contributed by atoms with Gasteiger partial charge in [0.1, 0.15) is 0 Å². The van der Waals surface area contributed by atoms with E-state index in [0.29, 0.717) is 25.8 Å². The highest BCUT2D eigenvalue weighted by atomic mass is 16.2. The van der Waals surface area contributed by atoms with Gasteiger partial charge >= 0.3 is 0 Å². The lowest BCUT2D eigenvalue weighted by atomic mass is 10.1. The predicted molar refractivity (Wildman–Crippen MR) is 114 cm³/mol. The van der Waals surface area contributed by atoms with Crippen molar-refractivity contribution in [2.45, 2.75) is 41.0 Å². The van der Waals surface area contributed by atoms with Crippen LogP contribution >= 0.6 is 0 Å². The van der Waals surface area contributed by atoms with Crippen molar-refractivity contribution in [1.29, 1.82) is 0 Å². The maximum absolute atomic E-state index is 11.1. The molecule has 0 radical (unpaired) electrons. The van der Waals surface area contributed by atoms with Crippen molar-refractivity contribution in [1.82, 2.24) is 19.6 Å². The molecule has 0 atom stereocenters. The van der Waals surface area contributed by atoms with Crippen molar-refractivity contribution in [2.75, 3.05) is 54.4 Å². The Hall–Kier alpha value is -2.45. The smallest absolute Gasteiger partial charge is 0.241 e. The number of amides is 4. The van der Waals surface area contributed by atoms with E-state index in [4.69, 9.17) is 0 Å². The van der Waals surface area contributed by atoms with Gasteiger partial charge in [0, 0.05) is 53.6 Å². The molecular formula is C20H40N4O5. The molecule has 29 heavy (non-hydrogen) atoms. The first kappa shape index (κ1) is 31.3. The van der Waals surface area contributed by atoms with E-state index in [0.717, 1.165) is 6.54 Å². The quantitative estimate of drug-likeness (QED) is 0.489. The normalized spacial score (nSPS) is 9.17. The van der Waals surface area contributed by atoms with E-state index in [1.54, 1.807) is 30.9 Å². The Morgan fingerprint density at radius 2 is 1.10 bits per heavy atom. The molecule has 9 heteroatoms. The minimum absolute atomic E-state index is 0.0161. The minimum Gasteiger partial charge on any atom is -0.346 e. The summed E-state index contributed by atoms with van der Waals surface area (Å²) in [6.45, 7) is 11.2. The fourth-order valence-electron chi connectivity index (χ4n) is 1.46. The predicted octanol–water partition coefficient (Wildman–Crippen LogP) is 0.727. The lowest BCUT2D eigenvalue weighted by Gasteiger charge is -2.17. The number of rotatable bonds is 10. The first-order valence-electron chi connectivity index (χ1n) is 9.73. The molecule has 0 aromatic rings. The van der Waals surface area contributed by atoms with Crippen LogP contribution in [0.15, 0.2) is 0 Å². The molecule has 0 heterocycles. The average Bonchev–Trinajstić information content (AvgIpc) is 2.71. The molecule has 170 valence electrons. The third-order valence-electron chi connectivity index (χ3n) is 3.90. The number of carbonyl (C=O) groups is 5. The zero-order valence-electron chi connectivity index (χ0n) is 19.6. The van der Waals surface area contributed by atoms with Crippen molar-refractivity contribution < 1.29 is 24.0 Å². The standard InChI is InChI=1S/C7H14N2O2.C7H13NO2.C6H13NO/c1-4-9(3)7(11)5-8(2)6-10;1-6(2)7(10)4-8(3)5-9;1-4-6(8)7(3)5-2/h6H,4-5H2,1-3H3;5-6H,4H2,1-3H3;4-5H2,1-3H3. The van der Waals surface area contributed by atoms with E-state index in [9.17, 15) is 24.0 Å². The molecule has 0 aliphatic heterocycles. The molecule has 0 aromatic carbocycles. The van der Waals surface area contributed by atoms with Crippen LogP contribution in [0.25, 0.3) is 0 Å². The van der Waals surface area contributed by atoms with Gasteiger partial charge in [-0.1, -0.05) is 20.8 Å². The van der Waals surface area contributed by atoms with Gasteiger partial charge < -0.3 is 19.6 Å². The monoisotopic (exact) mass is 416 g/mol. The lowest BCUT2D eigenvalue weighted by molar-refractivity contribution is -0.133. The summed E-state index contributed by atoms with van der Waals surface area (Å²) in [5.74, 6) is 0.284. The molecule has 0 bridgehead atoms. The van der Waals surface area contributed by atoms with Crippen LogP contribution in [0.5, 0.6) is 0 Å². The van der Waals surface area contributed by atoms with E-state index in [2.05, 4.69) is 0 Å². The molecule has 0 N–H and O–H groups in total. The molecule has 0 rings (SSSR count). The molecule has 0 fully saturated rings. The second-order valence-corrected chi connectivity index (χ2v) is 6.83. The first-order chi connectivity index (χ1) is 13.4. The van der Waals surface area contributed by atoms with Crippen molar-refractivity contribution in [3.05, 3.63) is 0 Å². The van der Waals surface area contributed by atoms with Crippen LogP contribution in [0.2, 0.25) is 0 Å². The van der Waals surface area contributed by atoms with Crippen LogP contribution in [0.3, 0.4) is 0 Å². The van der Waals surface area contributed by atoms with Crippen LogP contribution in [-0.4, -0.2) is 104 Å². The topological polar surface area (TPSA) is 98.3 Å². The van der Waals surface area contributed by atoms with Crippen LogP contribution in [0, 0.1) is 5.92 Å². The Morgan fingerprint density at radius 3 is 1.38 bits per heavy atom. The number of carbonyl (C=O) groups excluding carboxylic acids is 5. The summed E-state index contributed by atoms with van der Waals surface area (Å²) >= 11 is 0. The molecule has 0 unspecified atom stereocenters. The van der Waals surface area contributed by atoms with Crippen molar-refractivity contribution in [3.8, 4) is 0 Å². The van der Waals surface area contributed by atoms with E-state index in [-0.39, 0.29) is 36.6 Å². The third kappa shape index (κ3) is 18.7. The summed E-state index contributed by atoms with van der Waals surface area (Å²) in [6.07, 6.45) is 1.91. The molecule has 0 saturated carbocycles. The van der Waals surface area contributed by atoms with Gasteiger partial charge in [0.05, 0.1) is 13.1 Å². The maximum Gasteiger partial charge on any atom is 0.241 e. The van der Waals surface area contributed by atoms with E-state index >= 15 is 0 Å². The number of ketones is 1. The first-order valence-corrected chi connectivity index (χ1v) is 9.73. The van der Waals surface area contributed by atoms with Gasteiger partial charge in [0.2, 0.25) is 24.6 Å². The minimum atomic E-state index is -0.0397. The summed E-state index contributed by atoms with van der Waals surface area (Å²) in [6, 6.07) is 0. The summed E-state index contributed by atoms with van der Waals surface area (Å²) in [4.78, 5) is 58.7. The SMILES string of the molecule is CC(C)C(=O)CN(C)C=O.CCC(=O)N(C)CC.CCN(C)C(=O)CN(C)C=O. The number of Topliss-reactive ketones (excluding diaryl/α,β-unsaturated/α-hetero) is 1. The van der Waals surface area contributed by atoms with Crippen LogP contribution in [-0.2, 0) is 24.0 Å². The van der Waals surface area contributed by atoms with Crippen molar-refractivity contribution >= 4 is 30.4 Å². The van der Waals surface area contributed by atoms with E-state index < -0.39 is 0 Å². The van der Waals surface area contributed by atoms with E-state index in [1.165, 1.54) is 9.80 Å². The Bertz CT molecular complexity index is 497. The van der Waals surface area contributed by atoms with Gasteiger partial charge in [-0.2, -0.15) is 0 Å². The van der Waals surface area contributed by atoms with Crippen LogP contribution < -0.4 is 0 Å². The van der Waals surface area contributed by atoms with E-state index in [1.807, 2.05) is 41.7 Å². The fraction of sp³-hybridized carbons (Fsp3) is 0.750. The number of hydrogen-bond acceptors (Lipinski definition) is 5. The fourth-order valence-corrected chi connectivity index (χ4v) is 1.46. The molecule has 0 saturated heterocycles. The van der Waals surface area contributed by atoms with Gasteiger partial charge in [0.25, 0.3) is 0 Å². The van der Waals surface area contributed by atoms with Gasteiger partial charge in [-0.15, -0.1) is 0 Å². The van der Waals surface area contributed by atoms with Gasteiger partial charge in [-0.25, -0.2) is 0 Å². The molecule has 0 aliphatic rings. The molecule has 0 aromatic heterocycles. The highest BCUT2D eigenvalue weighted by Crippen LogP contribution is 1.94. The highest BCUT2D eigenvalue weighted by molar-refractivity contribution is 5.83. The highest BCUT2D eigenvalue weighted by Gasteiger charge is 2.08.